The van der Waals surface area contributed by atoms with Crippen LogP contribution in [0, 0.1) is 19.8 Å². The van der Waals surface area contributed by atoms with Crippen molar-refractivity contribution in [3.05, 3.63) is 103 Å². The molecule has 6 rings (SSSR count). The smallest absolute Gasteiger partial charge is 0.304 e. The van der Waals surface area contributed by atoms with Crippen LogP contribution in [-0.2, 0) is 29.3 Å². The molecule has 2 aromatic carbocycles. The van der Waals surface area contributed by atoms with Gasteiger partial charge in [0, 0.05) is 38.2 Å². The van der Waals surface area contributed by atoms with E-state index in [0.29, 0.717) is 28.0 Å². The van der Waals surface area contributed by atoms with Crippen molar-refractivity contribution in [3.8, 4) is 22.3 Å². The van der Waals surface area contributed by atoms with E-state index in [9.17, 15) is 30.9 Å². The number of pyridine rings is 2. The average molecular weight is 659 g/mol. The summed E-state index contributed by atoms with van der Waals surface area (Å²) >= 11 is 7.51. The lowest BCUT2D eigenvalue weighted by Crippen LogP contribution is -2.23. The molecule has 0 spiro atoms. The zero-order valence-electron chi connectivity index (χ0n) is 23.6. The van der Waals surface area contributed by atoms with Gasteiger partial charge in [-0.15, -0.1) is 11.3 Å². The number of rotatable bonds is 7. The van der Waals surface area contributed by atoms with E-state index in [1.165, 1.54) is 10.6 Å². The summed E-state index contributed by atoms with van der Waals surface area (Å²) < 4.78 is 78.7. The fourth-order valence-corrected chi connectivity index (χ4v) is 7.88. The van der Waals surface area contributed by atoms with E-state index in [-0.39, 0.29) is 49.4 Å². The van der Waals surface area contributed by atoms with Crippen molar-refractivity contribution in [1.82, 2.24) is 9.55 Å². The molecular weight excluding hydrogens is 633 g/mol. The molecule has 5 aromatic rings. The van der Waals surface area contributed by atoms with Crippen molar-refractivity contribution in [2.45, 2.75) is 50.0 Å². The first kappa shape index (κ1) is 30.5. The standard InChI is InChI=1S/C32H26ClF3N2O4S2/c1-17-5-3-4-6-22(17)24-15-28(39)38(27-14-21(12-19-7-8-19)37-30(29(24)27)32(34,35)36)16-20-9-10-23(26(33)13-20)25-11-18(2)43-31(25)44(40,41)42/h3-6,9-11,13-15,19H,7-8,12,16H2,1-2H3,(H,40,41,42). The van der Waals surface area contributed by atoms with Gasteiger partial charge in [-0.3, -0.25) is 9.35 Å². The third-order valence-electron chi connectivity index (χ3n) is 7.76. The maximum Gasteiger partial charge on any atom is 0.434 e. The lowest BCUT2D eigenvalue weighted by atomic mass is 9.95. The van der Waals surface area contributed by atoms with E-state index in [0.717, 1.165) is 29.7 Å². The highest BCUT2D eigenvalue weighted by Gasteiger charge is 2.37. The molecule has 0 unspecified atom stereocenters. The van der Waals surface area contributed by atoms with Gasteiger partial charge in [-0.05, 0) is 79.5 Å². The van der Waals surface area contributed by atoms with E-state index < -0.39 is 27.5 Å². The summed E-state index contributed by atoms with van der Waals surface area (Å²) in [6.07, 6.45) is -2.54. The van der Waals surface area contributed by atoms with Gasteiger partial charge in [0.1, 0.15) is 0 Å². The van der Waals surface area contributed by atoms with Crippen LogP contribution in [0.15, 0.2) is 69.7 Å². The molecule has 228 valence electrons. The molecule has 12 heteroatoms. The van der Waals surface area contributed by atoms with Crippen LogP contribution in [0.4, 0.5) is 13.2 Å². The van der Waals surface area contributed by atoms with Crippen molar-refractivity contribution < 1.29 is 26.1 Å². The second-order valence-corrected chi connectivity index (χ2v) is 14.4. The monoisotopic (exact) mass is 658 g/mol. The molecule has 0 aliphatic heterocycles. The largest absolute Gasteiger partial charge is 0.434 e. The number of thiophene rings is 1. The minimum atomic E-state index is -4.77. The number of aryl methyl sites for hydroxylation is 2. The van der Waals surface area contributed by atoms with E-state index in [2.05, 4.69) is 4.98 Å². The molecule has 6 nitrogen and oxygen atoms in total. The second-order valence-electron chi connectivity index (χ2n) is 11.1. The molecule has 0 radical (unpaired) electrons. The SMILES string of the molecule is Cc1cc(-c2ccc(Cn3c(=O)cc(-c4ccccc4C)c4c(C(F)(F)F)nc(CC5CC5)cc43)cc2Cl)c(S(=O)(=O)O)s1. The lowest BCUT2D eigenvalue weighted by Gasteiger charge is -2.20. The number of fused-ring (bicyclic) bond motifs is 1. The first-order valence-electron chi connectivity index (χ1n) is 13.8. The third kappa shape index (κ3) is 5.93. The van der Waals surface area contributed by atoms with Gasteiger partial charge in [-0.1, -0.05) is 48.0 Å². The fraction of sp³-hybridized carbons (Fsp3) is 0.250. The highest BCUT2D eigenvalue weighted by atomic mass is 35.5. The van der Waals surface area contributed by atoms with E-state index in [4.69, 9.17) is 11.6 Å². The van der Waals surface area contributed by atoms with Crippen LogP contribution < -0.4 is 5.56 Å². The van der Waals surface area contributed by atoms with Gasteiger partial charge in [0.05, 0.1) is 12.1 Å². The first-order valence-corrected chi connectivity index (χ1v) is 16.4. The van der Waals surface area contributed by atoms with Crippen molar-refractivity contribution in [1.29, 1.82) is 0 Å². The molecule has 1 fully saturated rings. The van der Waals surface area contributed by atoms with Gasteiger partial charge >= 0.3 is 16.3 Å². The summed E-state index contributed by atoms with van der Waals surface area (Å²) in [7, 11) is -4.50. The Kier molecular flexibility index (Phi) is 7.72. The van der Waals surface area contributed by atoms with E-state index >= 15 is 0 Å². The summed E-state index contributed by atoms with van der Waals surface area (Å²) in [4.78, 5) is 18.5. The maximum atomic E-state index is 14.7. The van der Waals surface area contributed by atoms with Gasteiger partial charge in [0.2, 0.25) is 0 Å². The Morgan fingerprint density at radius 2 is 1.73 bits per heavy atom. The van der Waals surface area contributed by atoms with Crippen molar-refractivity contribution in [2.75, 3.05) is 0 Å². The third-order valence-corrected chi connectivity index (χ3v) is 10.5. The summed E-state index contributed by atoms with van der Waals surface area (Å²) in [6, 6.07) is 16.1. The lowest BCUT2D eigenvalue weighted by molar-refractivity contribution is -0.139. The Bertz CT molecular complexity index is 2120. The molecule has 3 aromatic heterocycles. The Labute approximate surface area is 260 Å². The fourth-order valence-electron chi connectivity index (χ4n) is 5.56. The summed E-state index contributed by atoms with van der Waals surface area (Å²) in [5, 5.41) is 0.00589. The Morgan fingerprint density at radius 1 is 1.00 bits per heavy atom. The van der Waals surface area contributed by atoms with Crippen molar-refractivity contribution in [3.63, 3.8) is 0 Å². The van der Waals surface area contributed by atoms with Gasteiger partial charge in [0.25, 0.3) is 5.56 Å². The zero-order valence-corrected chi connectivity index (χ0v) is 26.0. The Morgan fingerprint density at radius 3 is 2.36 bits per heavy atom. The molecular formula is C32H26ClF3N2O4S2. The van der Waals surface area contributed by atoms with Crippen LogP contribution in [0.2, 0.25) is 5.02 Å². The van der Waals surface area contributed by atoms with Crippen LogP contribution >= 0.6 is 22.9 Å². The molecule has 44 heavy (non-hydrogen) atoms. The summed E-state index contributed by atoms with van der Waals surface area (Å²) in [5.41, 5.74) is 1.38. The number of alkyl halides is 3. The quantitative estimate of drug-likeness (QED) is 0.178. The van der Waals surface area contributed by atoms with E-state index in [1.54, 1.807) is 68.4 Å². The van der Waals surface area contributed by atoms with Gasteiger partial charge in [-0.2, -0.15) is 21.6 Å². The number of hydrogen-bond acceptors (Lipinski definition) is 5. The van der Waals surface area contributed by atoms with Crippen LogP contribution in [0.25, 0.3) is 33.2 Å². The molecule has 0 bridgehead atoms. The van der Waals surface area contributed by atoms with Crippen molar-refractivity contribution >= 4 is 44.0 Å². The van der Waals surface area contributed by atoms with E-state index in [1.807, 2.05) is 0 Å². The first-order chi connectivity index (χ1) is 20.7. The van der Waals surface area contributed by atoms with Crippen LogP contribution in [0.3, 0.4) is 0 Å². The molecule has 1 N–H and O–H groups in total. The van der Waals surface area contributed by atoms with Crippen LogP contribution in [-0.4, -0.2) is 22.5 Å². The van der Waals surface area contributed by atoms with Gasteiger partial charge < -0.3 is 4.57 Å². The molecule has 0 saturated heterocycles. The molecule has 1 aliphatic rings. The number of nitrogens with zero attached hydrogens (tertiary/aromatic N) is 2. The molecule has 1 aliphatic carbocycles. The molecule has 0 atom stereocenters. The predicted octanol–water partition coefficient (Wildman–Crippen LogP) is 8.33. The second kappa shape index (κ2) is 11.1. The number of hydrogen-bond donors (Lipinski definition) is 1. The topological polar surface area (TPSA) is 89.3 Å². The minimum Gasteiger partial charge on any atom is -0.304 e. The molecule has 0 amide bonds. The number of halogens is 4. The summed E-state index contributed by atoms with van der Waals surface area (Å²) in [5.74, 6) is 0.264. The summed E-state index contributed by atoms with van der Waals surface area (Å²) in [6.45, 7) is 3.38. The van der Waals surface area contributed by atoms with Gasteiger partial charge in [-0.25, -0.2) is 4.98 Å². The molecule has 1 saturated carbocycles. The van der Waals surface area contributed by atoms with Crippen LogP contribution in [0.1, 0.15) is 40.2 Å². The Hall–Kier alpha value is -3.51. The molecule has 3 heterocycles. The Balaban J connectivity index is 1.54. The highest BCUT2D eigenvalue weighted by Crippen LogP contribution is 2.42. The number of aromatic nitrogens is 2. The van der Waals surface area contributed by atoms with Gasteiger partial charge in [0.15, 0.2) is 9.90 Å². The average Bonchev–Trinajstić information content (AvgIpc) is 3.66. The maximum absolute atomic E-state index is 14.7. The number of benzene rings is 2. The highest BCUT2D eigenvalue weighted by molar-refractivity contribution is 7.88. The zero-order chi connectivity index (χ0) is 31.6. The normalized spacial score (nSPS) is 14.0. The van der Waals surface area contributed by atoms with Crippen molar-refractivity contribution in [2.24, 2.45) is 5.92 Å². The minimum absolute atomic E-state index is 0.0958. The van der Waals surface area contributed by atoms with Crippen LogP contribution in [0.5, 0.6) is 0 Å². The predicted molar refractivity (Wildman–Crippen MR) is 166 cm³/mol.